The number of hydrogen-bond acceptors (Lipinski definition) is 4. The van der Waals surface area contributed by atoms with Crippen molar-refractivity contribution in [2.45, 2.75) is 6.10 Å². The number of nitrogens with one attached hydrogen (secondary N) is 1. The second kappa shape index (κ2) is 5.97. The zero-order chi connectivity index (χ0) is 13.7. The highest BCUT2D eigenvalue weighted by Crippen LogP contribution is 2.20. The Bertz CT molecular complexity index is 463. The minimum atomic E-state index is -1.74. The Hall–Kier alpha value is -2.15. The number of ether oxygens (including phenoxy) is 1. The minimum Gasteiger partial charge on any atom is -0.496 e. The lowest BCUT2D eigenvalue weighted by Gasteiger charge is -2.11. The molecule has 0 bridgehead atoms. The molecule has 1 aromatic rings. The van der Waals surface area contributed by atoms with Crippen LogP contribution < -0.4 is 10.1 Å². The number of aliphatic hydroxyl groups is 1. The Kier molecular flexibility index (Phi) is 4.61. The summed E-state index contributed by atoms with van der Waals surface area (Å²) in [5.41, 5.74) is -0.336. The van der Waals surface area contributed by atoms with E-state index in [2.05, 4.69) is 5.32 Å². The first-order valence-electron chi connectivity index (χ1n) is 4.99. The van der Waals surface area contributed by atoms with Gasteiger partial charge in [0.2, 0.25) is 0 Å². The molecular formula is C11H12FNO5. The van der Waals surface area contributed by atoms with Crippen molar-refractivity contribution in [3.8, 4) is 5.75 Å². The third kappa shape index (κ3) is 3.17. The van der Waals surface area contributed by atoms with E-state index in [0.717, 1.165) is 6.07 Å². The van der Waals surface area contributed by atoms with Crippen LogP contribution in [0.25, 0.3) is 0 Å². The van der Waals surface area contributed by atoms with Crippen molar-refractivity contribution in [2.24, 2.45) is 0 Å². The van der Waals surface area contributed by atoms with Crippen LogP contribution in [-0.4, -0.2) is 41.8 Å². The lowest BCUT2D eigenvalue weighted by atomic mass is 10.1. The number of aliphatic carboxylic acids is 1. The number of hydrogen-bond donors (Lipinski definition) is 3. The van der Waals surface area contributed by atoms with Gasteiger partial charge in [-0.05, 0) is 12.1 Å². The van der Waals surface area contributed by atoms with E-state index >= 15 is 0 Å². The van der Waals surface area contributed by atoms with Gasteiger partial charge >= 0.3 is 5.97 Å². The molecule has 7 heteroatoms. The van der Waals surface area contributed by atoms with Crippen LogP contribution in [0.1, 0.15) is 10.4 Å². The SMILES string of the molecule is COc1cccc(F)c1C(=O)NC[C@H](O)C(=O)O. The highest BCUT2D eigenvalue weighted by Gasteiger charge is 2.20. The highest BCUT2D eigenvalue weighted by atomic mass is 19.1. The van der Waals surface area contributed by atoms with Gasteiger partial charge in [-0.2, -0.15) is 0 Å². The first kappa shape index (κ1) is 13.9. The van der Waals surface area contributed by atoms with Crippen molar-refractivity contribution in [1.29, 1.82) is 0 Å². The zero-order valence-corrected chi connectivity index (χ0v) is 9.51. The van der Waals surface area contributed by atoms with Crippen molar-refractivity contribution in [1.82, 2.24) is 5.32 Å². The van der Waals surface area contributed by atoms with Crippen LogP contribution in [0, 0.1) is 5.82 Å². The number of aliphatic hydroxyl groups excluding tert-OH is 1. The number of rotatable bonds is 5. The van der Waals surface area contributed by atoms with Crippen molar-refractivity contribution in [3.05, 3.63) is 29.6 Å². The molecule has 3 N–H and O–H groups in total. The molecule has 0 fully saturated rings. The summed E-state index contributed by atoms with van der Waals surface area (Å²) < 4.78 is 18.3. The van der Waals surface area contributed by atoms with E-state index in [1.165, 1.54) is 19.2 Å². The lowest BCUT2D eigenvalue weighted by molar-refractivity contribution is -0.146. The molecule has 1 aromatic carbocycles. The fourth-order valence-corrected chi connectivity index (χ4v) is 1.26. The third-order valence-corrected chi connectivity index (χ3v) is 2.16. The molecule has 1 atom stereocenters. The summed E-state index contributed by atoms with van der Waals surface area (Å²) in [6, 6.07) is 3.84. The molecule has 0 aliphatic carbocycles. The average molecular weight is 257 g/mol. The van der Waals surface area contributed by atoms with Gasteiger partial charge in [0.25, 0.3) is 5.91 Å². The van der Waals surface area contributed by atoms with Crippen LogP contribution in [-0.2, 0) is 4.79 Å². The Labute approximate surface area is 102 Å². The van der Waals surface area contributed by atoms with Gasteiger partial charge in [-0.15, -0.1) is 0 Å². The van der Waals surface area contributed by atoms with Crippen molar-refractivity contribution < 1.29 is 28.9 Å². The molecule has 0 spiro atoms. The highest BCUT2D eigenvalue weighted by molar-refractivity contribution is 5.97. The number of carboxylic acids is 1. The van der Waals surface area contributed by atoms with Gasteiger partial charge in [-0.1, -0.05) is 6.07 Å². The standard InChI is InChI=1S/C11H12FNO5/c1-18-8-4-2-3-6(12)9(8)10(15)13-5-7(14)11(16)17/h2-4,7,14H,5H2,1H3,(H,13,15)(H,16,17)/t7-/m0/s1. The maximum atomic E-state index is 13.5. The number of amides is 1. The predicted octanol–water partition coefficient (Wildman–Crippen LogP) is 0.00960. The summed E-state index contributed by atoms with van der Waals surface area (Å²) in [4.78, 5) is 22.0. The molecular weight excluding hydrogens is 245 g/mol. The monoisotopic (exact) mass is 257 g/mol. The molecule has 0 radical (unpaired) electrons. The molecule has 0 aliphatic rings. The maximum absolute atomic E-state index is 13.5. The van der Waals surface area contributed by atoms with E-state index in [1.807, 2.05) is 0 Å². The molecule has 18 heavy (non-hydrogen) atoms. The Morgan fingerprint density at radius 3 is 2.72 bits per heavy atom. The summed E-state index contributed by atoms with van der Waals surface area (Å²) in [6.45, 7) is -0.522. The number of carbonyl (C=O) groups is 2. The number of halogens is 1. The normalized spacial score (nSPS) is 11.7. The molecule has 0 aromatic heterocycles. The molecule has 1 amide bonds. The van der Waals surface area contributed by atoms with E-state index in [4.69, 9.17) is 14.9 Å². The van der Waals surface area contributed by atoms with Crippen LogP contribution in [0.5, 0.6) is 5.75 Å². The second-order valence-electron chi connectivity index (χ2n) is 3.38. The lowest BCUT2D eigenvalue weighted by Crippen LogP contribution is -2.36. The number of methoxy groups -OCH3 is 1. The number of carbonyl (C=O) groups excluding carboxylic acids is 1. The molecule has 0 unspecified atom stereocenters. The molecule has 0 saturated heterocycles. The fourth-order valence-electron chi connectivity index (χ4n) is 1.26. The Morgan fingerprint density at radius 1 is 1.50 bits per heavy atom. The van der Waals surface area contributed by atoms with Crippen LogP contribution in [0.2, 0.25) is 0 Å². The molecule has 0 heterocycles. The smallest absolute Gasteiger partial charge is 0.334 e. The number of benzene rings is 1. The quantitative estimate of drug-likeness (QED) is 0.690. The van der Waals surface area contributed by atoms with Crippen molar-refractivity contribution in [3.63, 3.8) is 0 Å². The second-order valence-corrected chi connectivity index (χ2v) is 3.38. The van der Waals surface area contributed by atoms with Gasteiger partial charge in [0, 0.05) is 0 Å². The van der Waals surface area contributed by atoms with Crippen LogP contribution in [0.15, 0.2) is 18.2 Å². The van der Waals surface area contributed by atoms with Crippen LogP contribution >= 0.6 is 0 Å². The largest absolute Gasteiger partial charge is 0.496 e. The van der Waals surface area contributed by atoms with E-state index in [1.54, 1.807) is 0 Å². The fraction of sp³-hybridized carbons (Fsp3) is 0.273. The van der Waals surface area contributed by atoms with Crippen molar-refractivity contribution in [2.75, 3.05) is 13.7 Å². The van der Waals surface area contributed by atoms with Gasteiger partial charge in [-0.3, -0.25) is 4.79 Å². The molecule has 98 valence electrons. The zero-order valence-electron chi connectivity index (χ0n) is 9.51. The van der Waals surface area contributed by atoms with Gasteiger partial charge in [-0.25, -0.2) is 9.18 Å². The summed E-state index contributed by atoms with van der Waals surface area (Å²) >= 11 is 0. The summed E-state index contributed by atoms with van der Waals surface area (Å²) in [5, 5.41) is 19.5. The Morgan fingerprint density at radius 2 is 2.17 bits per heavy atom. The van der Waals surface area contributed by atoms with E-state index in [-0.39, 0.29) is 11.3 Å². The summed E-state index contributed by atoms with van der Waals surface area (Å²) in [7, 11) is 1.28. The van der Waals surface area contributed by atoms with Crippen LogP contribution in [0.3, 0.4) is 0 Å². The molecule has 6 nitrogen and oxygen atoms in total. The topological polar surface area (TPSA) is 95.9 Å². The van der Waals surface area contributed by atoms with E-state index in [0.29, 0.717) is 0 Å². The van der Waals surface area contributed by atoms with E-state index < -0.39 is 30.3 Å². The van der Waals surface area contributed by atoms with Gasteiger partial charge in [0.05, 0.1) is 13.7 Å². The average Bonchev–Trinajstić information content (AvgIpc) is 2.34. The minimum absolute atomic E-state index is 0.0253. The van der Waals surface area contributed by atoms with E-state index in [9.17, 15) is 14.0 Å². The van der Waals surface area contributed by atoms with Crippen LogP contribution in [0.4, 0.5) is 4.39 Å². The Balaban J connectivity index is 2.81. The molecule has 0 saturated carbocycles. The molecule has 0 aliphatic heterocycles. The van der Waals surface area contributed by atoms with Crippen molar-refractivity contribution >= 4 is 11.9 Å². The summed E-state index contributed by atoms with van der Waals surface area (Å²) in [5.74, 6) is -3.10. The third-order valence-electron chi connectivity index (χ3n) is 2.16. The van der Waals surface area contributed by atoms with Gasteiger partial charge in [0.15, 0.2) is 6.10 Å². The maximum Gasteiger partial charge on any atom is 0.334 e. The predicted molar refractivity (Wildman–Crippen MR) is 58.9 cm³/mol. The van der Waals surface area contributed by atoms with Gasteiger partial charge < -0.3 is 20.3 Å². The molecule has 1 rings (SSSR count). The first-order chi connectivity index (χ1) is 8.47. The number of carboxylic acid groups (broad SMARTS) is 1. The summed E-state index contributed by atoms with van der Waals surface area (Å²) in [6.07, 6.45) is -1.74. The first-order valence-corrected chi connectivity index (χ1v) is 4.99. The van der Waals surface area contributed by atoms with Gasteiger partial charge in [0.1, 0.15) is 17.1 Å².